The van der Waals surface area contributed by atoms with Gasteiger partial charge in [-0.15, -0.1) is 0 Å². The van der Waals surface area contributed by atoms with E-state index in [4.69, 9.17) is 18.6 Å². The molecule has 5 heteroatoms. The second-order valence-corrected chi connectivity index (χ2v) is 7.18. The van der Waals surface area contributed by atoms with Crippen LogP contribution in [-0.4, -0.2) is 35.9 Å². The predicted molar refractivity (Wildman–Crippen MR) is 92.9 cm³/mol. The minimum atomic E-state index is -0.768. The lowest BCUT2D eigenvalue weighted by molar-refractivity contribution is -0.0614. The lowest BCUT2D eigenvalue weighted by Crippen LogP contribution is -2.27. The van der Waals surface area contributed by atoms with Gasteiger partial charge in [0.05, 0.1) is 6.10 Å². The van der Waals surface area contributed by atoms with Crippen molar-refractivity contribution in [1.82, 2.24) is 0 Å². The number of rotatable bonds is 10. The van der Waals surface area contributed by atoms with E-state index in [2.05, 4.69) is 20.8 Å². The maximum Gasteiger partial charge on any atom is 0.196 e. The SMILES string of the molecule is CCOC(C)Oc1ccc([SiH2]OC)c(OC(C)C(C)CC)c1. The van der Waals surface area contributed by atoms with Crippen LogP contribution in [0.4, 0.5) is 0 Å². The standard InChI is InChI=1S/C17H30O4Si/c1-7-12(3)13(4)20-16-11-15(21-14(5)19-8-2)9-10-17(16)22-18-6/h9-14H,7-8,22H2,1-6H3. The fraction of sp³-hybridized carbons (Fsp3) is 0.647. The van der Waals surface area contributed by atoms with Crippen molar-refractivity contribution >= 4 is 14.9 Å². The maximum atomic E-state index is 6.17. The van der Waals surface area contributed by atoms with Gasteiger partial charge in [0.25, 0.3) is 0 Å². The average Bonchev–Trinajstić information content (AvgIpc) is 2.49. The van der Waals surface area contributed by atoms with Crippen molar-refractivity contribution < 1.29 is 18.6 Å². The highest BCUT2D eigenvalue weighted by Gasteiger charge is 2.15. The van der Waals surface area contributed by atoms with Crippen LogP contribution in [0.15, 0.2) is 18.2 Å². The number of hydrogen-bond donors (Lipinski definition) is 0. The summed E-state index contributed by atoms with van der Waals surface area (Å²) >= 11 is 0. The first-order valence-corrected chi connectivity index (χ1v) is 9.36. The second-order valence-electron chi connectivity index (χ2n) is 5.55. The summed E-state index contributed by atoms with van der Waals surface area (Å²) in [6, 6.07) is 5.95. The minimum Gasteiger partial charge on any atom is -0.490 e. The highest BCUT2D eigenvalue weighted by molar-refractivity contribution is 6.48. The molecular weight excluding hydrogens is 296 g/mol. The first kappa shape index (κ1) is 19.0. The van der Waals surface area contributed by atoms with Gasteiger partial charge in [0.1, 0.15) is 11.5 Å². The molecule has 0 saturated heterocycles. The molecule has 0 spiro atoms. The second kappa shape index (κ2) is 9.87. The topological polar surface area (TPSA) is 36.9 Å². The van der Waals surface area contributed by atoms with Gasteiger partial charge in [0, 0.05) is 25.0 Å². The molecule has 0 amide bonds. The molecule has 0 bridgehead atoms. The van der Waals surface area contributed by atoms with Crippen molar-refractivity contribution in [2.75, 3.05) is 13.7 Å². The Balaban J connectivity index is 2.89. The third-order valence-electron chi connectivity index (χ3n) is 3.80. The van der Waals surface area contributed by atoms with E-state index in [0.29, 0.717) is 12.5 Å². The van der Waals surface area contributed by atoms with Crippen LogP contribution in [0.2, 0.25) is 0 Å². The van der Waals surface area contributed by atoms with Crippen molar-refractivity contribution in [1.29, 1.82) is 0 Å². The van der Waals surface area contributed by atoms with Crippen LogP contribution >= 0.6 is 0 Å². The summed E-state index contributed by atoms with van der Waals surface area (Å²) in [5.41, 5.74) is 0. The van der Waals surface area contributed by atoms with Crippen molar-refractivity contribution in [2.45, 2.75) is 53.4 Å². The van der Waals surface area contributed by atoms with Crippen molar-refractivity contribution in [3.63, 3.8) is 0 Å². The molecule has 1 aromatic rings. The number of hydrogen-bond acceptors (Lipinski definition) is 4. The molecule has 0 aliphatic carbocycles. The molecule has 4 nitrogen and oxygen atoms in total. The van der Waals surface area contributed by atoms with Crippen LogP contribution in [0, 0.1) is 5.92 Å². The molecule has 1 rings (SSSR count). The van der Waals surface area contributed by atoms with Crippen molar-refractivity contribution in [2.24, 2.45) is 5.92 Å². The van der Waals surface area contributed by atoms with Crippen LogP contribution in [0.1, 0.15) is 41.0 Å². The molecule has 0 heterocycles. The largest absolute Gasteiger partial charge is 0.490 e. The van der Waals surface area contributed by atoms with Gasteiger partial charge in [0.15, 0.2) is 16.1 Å². The Hall–Kier alpha value is -1.04. The fourth-order valence-corrected chi connectivity index (χ4v) is 2.95. The minimum absolute atomic E-state index is 0.161. The van der Waals surface area contributed by atoms with E-state index in [1.807, 2.05) is 32.0 Å². The molecule has 0 aliphatic heterocycles. The number of ether oxygens (including phenoxy) is 3. The van der Waals surface area contributed by atoms with Gasteiger partial charge >= 0.3 is 0 Å². The lowest BCUT2D eigenvalue weighted by atomic mass is 10.0. The molecular formula is C17H30O4Si. The Labute approximate surface area is 137 Å². The van der Waals surface area contributed by atoms with E-state index in [0.717, 1.165) is 23.1 Å². The van der Waals surface area contributed by atoms with Crippen LogP contribution in [-0.2, 0) is 9.16 Å². The molecule has 0 aliphatic rings. The lowest BCUT2D eigenvalue weighted by Gasteiger charge is -2.23. The highest BCUT2D eigenvalue weighted by atomic mass is 28.2. The van der Waals surface area contributed by atoms with Crippen LogP contribution in [0.25, 0.3) is 0 Å². The zero-order valence-corrected chi connectivity index (χ0v) is 16.1. The first-order chi connectivity index (χ1) is 10.5. The summed E-state index contributed by atoms with van der Waals surface area (Å²) < 4.78 is 22.7. The third kappa shape index (κ3) is 5.99. The van der Waals surface area contributed by atoms with Gasteiger partial charge < -0.3 is 18.6 Å². The molecule has 3 unspecified atom stereocenters. The van der Waals surface area contributed by atoms with Gasteiger partial charge in [-0.3, -0.25) is 0 Å². The Bertz CT molecular complexity index is 439. The normalized spacial score (nSPS) is 15.7. The fourth-order valence-electron chi connectivity index (χ4n) is 2.10. The van der Waals surface area contributed by atoms with E-state index < -0.39 is 9.76 Å². The number of benzene rings is 1. The van der Waals surface area contributed by atoms with Gasteiger partial charge in [-0.05, 0) is 32.8 Å². The van der Waals surface area contributed by atoms with Crippen molar-refractivity contribution in [3.8, 4) is 11.5 Å². The smallest absolute Gasteiger partial charge is 0.196 e. The summed E-state index contributed by atoms with van der Waals surface area (Å²) in [4.78, 5) is 0. The summed E-state index contributed by atoms with van der Waals surface area (Å²) in [6.45, 7) is 11.0. The predicted octanol–water partition coefficient (Wildman–Crippen LogP) is 2.62. The van der Waals surface area contributed by atoms with Crippen LogP contribution in [0.5, 0.6) is 11.5 Å². The Morgan fingerprint density at radius 2 is 1.82 bits per heavy atom. The van der Waals surface area contributed by atoms with E-state index in [9.17, 15) is 0 Å². The van der Waals surface area contributed by atoms with E-state index >= 15 is 0 Å². The molecule has 0 N–H and O–H groups in total. The Morgan fingerprint density at radius 3 is 2.41 bits per heavy atom. The highest BCUT2D eigenvalue weighted by Crippen LogP contribution is 2.22. The Kier molecular flexibility index (Phi) is 8.53. The molecule has 3 atom stereocenters. The Morgan fingerprint density at radius 1 is 1.09 bits per heavy atom. The monoisotopic (exact) mass is 326 g/mol. The zero-order valence-electron chi connectivity index (χ0n) is 14.7. The van der Waals surface area contributed by atoms with Gasteiger partial charge in [-0.25, -0.2) is 0 Å². The quantitative estimate of drug-likeness (QED) is 0.489. The van der Waals surface area contributed by atoms with Crippen molar-refractivity contribution in [3.05, 3.63) is 18.2 Å². The summed E-state index contributed by atoms with van der Waals surface area (Å²) in [6.07, 6.45) is 0.986. The molecule has 126 valence electrons. The van der Waals surface area contributed by atoms with Gasteiger partial charge in [-0.1, -0.05) is 26.3 Å². The van der Waals surface area contributed by atoms with Gasteiger partial charge in [0.2, 0.25) is 0 Å². The molecule has 0 radical (unpaired) electrons. The van der Waals surface area contributed by atoms with E-state index in [1.165, 1.54) is 0 Å². The molecule has 1 aromatic carbocycles. The first-order valence-electron chi connectivity index (χ1n) is 8.08. The van der Waals surface area contributed by atoms with Crippen LogP contribution in [0.3, 0.4) is 0 Å². The average molecular weight is 327 g/mol. The molecule has 0 fully saturated rings. The molecule has 0 aromatic heterocycles. The van der Waals surface area contributed by atoms with Gasteiger partial charge in [-0.2, -0.15) is 0 Å². The molecule has 22 heavy (non-hydrogen) atoms. The summed E-state index contributed by atoms with van der Waals surface area (Å²) in [5, 5.41) is 1.16. The van der Waals surface area contributed by atoms with Crippen LogP contribution < -0.4 is 14.7 Å². The summed E-state index contributed by atoms with van der Waals surface area (Å²) in [7, 11) is 0.978. The summed E-state index contributed by atoms with van der Waals surface area (Å²) in [5.74, 6) is 2.15. The van der Waals surface area contributed by atoms with E-state index in [-0.39, 0.29) is 12.4 Å². The maximum absolute atomic E-state index is 6.17. The zero-order chi connectivity index (χ0) is 16.5. The third-order valence-corrected chi connectivity index (χ3v) is 4.98. The van der Waals surface area contributed by atoms with E-state index in [1.54, 1.807) is 7.11 Å². The molecule has 0 saturated carbocycles.